The first-order valence-electron chi connectivity index (χ1n) is 6.18. The Balaban J connectivity index is 1.84. The first-order chi connectivity index (χ1) is 9.96. The number of hydrogen-bond acceptors (Lipinski definition) is 7. The van der Waals surface area contributed by atoms with E-state index in [9.17, 15) is 8.42 Å². The summed E-state index contributed by atoms with van der Waals surface area (Å²) in [5.41, 5.74) is 6.33. The molecule has 4 N–H and O–H groups in total. The van der Waals surface area contributed by atoms with Gasteiger partial charge in [-0.1, -0.05) is 11.3 Å². The fraction of sp³-hybridized carbons (Fsp3) is 0.364. The van der Waals surface area contributed by atoms with Crippen molar-refractivity contribution >= 4 is 27.5 Å². The topological polar surface area (TPSA) is 127 Å². The number of nitrogens with one attached hydrogen (secondary N) is 2. The molecule has 21 heavy (non-hydrogen) atoms. The van der Waals surface area contributed by atoms with Gasteiger partial charge in [-0.05, 0) is 25.1 Å². The Kier molecular flexibility index (Phi) is 5.15. The van der Waals surface area contributed by atoms with Crippen LogP contribution in [0, 0.1) is 0 Å². The Hall–Kier alpha value is -1.65. The Morgan fingerprint density at radius 3 is 2.95 bits per heavy atom. The number of rotatable bonds is 7. The van der Waals surface area contributed by atoms with Crippen LogP contribution in [0.15, 0.2) is 29.2 Å². The Morgan fingerprint density at radius 1 is 1.48 bits per heavy atom. The van der Waals surface area contributed by atoms with Gasteiger partial charge in [0.25, 0.3) is 0 Å². The van der Waals surface area contributed by atoms with Crippen molar-refractivity contribution in [3.63, 3.8) is 0 Å². The molecule has 0 saturated heterocycles. The van der Waals surface area contributed by atoms with E-state index < -0.39 is 16.1 Å². The predicted molar refractivity (Wildman–Crippen MR) is 81.1 cm³/mol. The van der Waals surface area contributed by atoms with E-state index in [0.29, 0.717) is 17.3 Å². The number of sulfonamides is 1. The molecule has 0 saturated carbocycles. The average Bonchev–Trinajstić information content (AvgIpc) is 2.92. The highest BCUT2D eigenvalue weighted by molar-refractivity contribution is 8.00. The molecule has 114 valence electrons. The SMILES string of the molecule is CC(NS(=O)(=O)CCSc1cccc(N)c1)c1nn[nH]n1. The molecule has 0 radical (unpaired) electrons. The number of anilines is 1. The molecule has 0 aliphatic rings. The summed E-state index contributed by atoms with van der Waals surface area (Å²) in [6.07, 6.45) is 0. The van der Waals surface area contributed by atoms with Crippen LogP contribution in [0.1, 0.15) is 18.8 Å². The van der Waals surface area contributed by atoms with Gasteiger partial charge in [0.05, 0.1) is 11.8 Å². The van der Waals surface area contributed by atoms with Gasteiger partial charge in [-0.25, -0.2) is 13.1 Å². The third-order valence-corrected chi connectivity index (χ3v) is 5.29. The Morgan fingerprint density at radius 2 is 2.29 bits per heavy atom. The first kappa shape index (κ1) is 15.7. The summed E-state index contributed by atoms with van der Waals surface area (Å²) in [5, 5.41) is 13.2. The van der Waals surface area contributed by atoms with Crippen LogP contribution in [0.2, 0.25) is 0 Å². The number of nitrogens with two attached hydrogens (primary N) is 1. The number of aromatic nitrogens is 4. The first-order valence-corrected chi connectivity index (χ1v) is 8.82. The van der Waals surface area contributed by atoms with E-state index in [4.69, 9.17) is 5.73 Å². The van der Waals surface area contributed by atoms with Gasteiger partial charge in [-0.3, -0.25) is 0 Å². The summed E-state index contributed by atoms with van der Waals surface area (Å²) in [6.45, 7) is 1.66. The minimum atomic E-state index is -3.41. The zero-order valence-electron chi connectivity index (χ0n) is 11.4. The number of nitrogen functional groups attached to an aromatic ring is 1. The minimum Gasteiger partial charge on any atom is -0.399 e. The van der Waals surface area contributed by atoms with Crippen LogP contribution >= 0.6 is 11.8 Å². The van der Waals surface area contributed by atoms with Gasteiger partial charge in [0.15, 0.2) is 5.82 Å². The van der Waals surface area contributed by atoms with Crippen LogP contribution in [0.25, 0.3) is 0 Å². The van der Waals surface area contributed by atoms with Crippen LogP contribution < -0.4 is 10.5 Å². The van der Waals surface area contributed by atoms with E-state index in [1.807, 2.05) is 18.2 Å². The predicted octanol–water partition coefficient (Wildman–Crippen LogP) is 0.555. The Labute approximate surface area is 126 Å². The summed E-state index contributed by atoms with van der Waals surface area (Å²) in [6, 6.07) is 6.80. The van der Waals surface area contributed by atoms with E-state index in [0.717, 1.165) is 4.90 Å². The maximum atomic E-state index is 12.0. The molecule has 0 fully saturated rings. The molecule has 0 spiro atoms. The summed E-state index contributed by atoms with van der Waals surface area (Å²) in [7, 11) is -3.41. The normalized spacial score (nSPS) is 13.2. The standard InChI is InChI=1S/C11H16N6O2S2/c1-8(11-13-16-17-14-11)15-21(18,19)6-5-20-10-4-2-3-9(12)7-10/h2-4,7-8,15H,5-6,12H2,1H3,(H,13,14,16,17). The third kappa shape index (κ3) is 4.99. The van der Waals surface area contributed by atoms with Crippen LogP contribution in [0.4, 0.5) is 5.69 Å². The molecule has 0 aliphatic heterocycles. The average molecular weight is 328 g/mol. The van der Waals surface area contributed by atoms with Crippen molar-refractivity contribution in [1.29, 1.82) is 0 Å². The molecule has 2 aromatic rings. The van der Waals surface area contributed by atoms with Gasteiger partial charge >= 0.3 is 0 Å². The molecule has 8 nitrogen and oxygen atoms in total. The van der Waals surface area contributed by atoms with Crippen LogP contribution in [-0.4, -0.2) is 40.5 Å². The molecule has 0 aliphatic carbocycles. The zero-order valence-corrected chi connectivity index (χ0v) is 13.0. The quantitative estimate of drug-likeness (QED) is 0.500. The monoisotopic (exact) mass is 328 g/mol. The van der Waals surface area contributed by atoms with Crippen molar-refractivity contribution in [3.8, 4) is 0 Å². The lowest BCUT2D eigenvalue weighted by Gasteiger charge is -2.10. The second kappa shape index (κ2) is 6.87. The van der Waals surface area contributed by atoms with E-state index in [1.165, 1.54) is 11.8 Å². The summed E-state index contributed by atoms with van der Waals surface area (Å²) in [5.74, 6) is 0.730. The van der Waals surface area contributed by atoms with Gasteiger partial charge in [-0.15, -0.1) is 22.0 Å². The van der Waals surface area contributed by atoms with Crippen molar-refractivity contribution in [2.75, 3.05) is 17.2 Å². The molecular weight excluding hydrogens is 312 g/mol. The summed E-state index contributed by atoms with van der Waals surface area (Å²) in [4.78, 5) is 0.941. The number of hydrogen-bond donors (Lipinski definition) is 3. The Bertz CT molecular complexity index is 674. The van der Waals surface area contributed by atoms with Gasteiger partial charge < -0.3 is 5.73 Å². The minimum absolute atomic E-state index is 0.00530. The molecule has 1 aromatic heterocycles. The van der Waals surface area contributed by atoms with Crippen LogP contribution in [0.5, 0.6) is 0 Å². The highest BCUT2D eigenvalue weighted by Gasteiger charge is 2.18. The molecular formula is C11H16N6O2S2. The van der Waals surface area contributed by atoms with E-state index in [2.05, 4.69) is 25.3 Å². The number of H-pyrrole nitrogens is 1. The molecule has 2 rings (SSSR count). The molecule has 1 atom stereocenters. The van der Waals surface area contributed by atoms with Crippen LogP contribution in [-0.2, 0) is 10.0 Å². The maximum absolute atomic E-state index is 12.0. The molecule has 0 amide bonds. The number of aromatic amines is 1. The highest BCUT2D eigenvalue weighted by Crippen LogP contribution is 2.20. The lowest BCUT2D eigenvalue weighted by Crippen LogP contribution is -2.30. The van der Waals surface area contributed by atoms with Crippen molar-refractivity contribution in [2.24, 2.45) is 0 Å². The van der Waals surface area contributed by atoms with Crippen molar-refractivity contribution in [2.45, 2.75) is 17.9 Å². The second-order valence-electron chi connectivity index (χ2n) is 4.35. The lowest BCUT2D eigenvalue weighted by molar-refractivity contribution is 0.561. The van der Waals surface area contributed by atoms with E-state index >= 15 is 0 Å². The van der Waals surface area contributed by atoms with Crippen molar-refractivity contribution < 1.29 is 8.42 Å². The van der Waals surface area contributed by atoms with Crippen molar-refractivity contribution in [3.05, 3.63) is 30.1 Å². The molecule has 1 aromatic carbocycles. The van der Waals surface area contributed by atoms with Gasteiger partial charge in [0.1, 0.15) is 0 Å². The molecule has 0 bridgehead atoms. The van der Waals surface area contributed by atoms with E-state index in [-0.39, 0.29) is 5.75 Å². The van der Waals surface area contributed by atoms with Gasteiger partial charge in [-0.2, -0.15) is 5.21 Å². The number of tetrazole rings is 1. The summed E-state index contributed by atoms with van der Waals surface area (Å²) >= 11 is 1.44. The number of thioether (sulfide) groups is 1. The third-order valence-electron chi connectivity index (χ3n) is 2.58. The number of nitrogens with zero attached hydrogens (tertiary/aromatic N) is 3. The lowest BCUT2D eigenvalue weighted by atomic mass is 10.3. The molecule has 1 heterocycles. The molecule has 1 unspecified atom stereocenters. The molecule has 10 heteroatoms. The summed E-state index contributed by atoms with van der Waals surface area (Å²) < 4.78 is 26.4. The fourth-order valence-corrected chi connectivity index (χ4v) is 4.21. The van der Waals surface area contributed by atoms with E-state index in [1.54, 1.807) is 13.0 Å². The zero-order chi connectivity index (χ0) is 15.3. The largest absolute Gasteiger partial charge is 0.399 e. The highest BCUT2D eigenvalue weighted by atomic mass is 32.2. The fourth-order valence-electron chi connectivity index (χ4n) is 1.61. The second-order valence-corrected chi connectivity index (χ2v) is 7.39. The van der Waals surface area contributed by atoms with Gasteiger partial charge in [0, 0.05) is 16.3 Å². The smallest absolute Gasteiger partial charge is 0.213 e. The van der Waals surface area contributed by atoms with Crippen LogP contribution in [0.3, 0.4) is 0 Å². The number of benzene rings is 1. The van der Waals surface area contributed by atoms with Crippen molar-refractivity contribution in [1.82, 2.24) is 25.3 Å². The maximum Gasteiger partial charge on any atom is 0.213 e. The van der Waals surface area contributed by atoms with Gasteiger partial charge in [0.2, 0.25) is 10.0 Å².